The Morgan fingerprint density at radius 2 is 2.17 bits per heavy atom. The molecule has 0 amide bonds. The fourth-order valence-corrected chi connectivity index (χ4v) is 2.81. The van der Waals surface area contributed by atoms with E-state index < -0.39 is 12.0 Å². The maximum Gasteiger partial charge on any atom is 0.262 e. The van der Waals surface area contributed by atoms with Gasteiger partial charge in [0.1, 0.15) is 0 Å². The Kier molecular flexibility index (Phi) is 4.18. The highest BCUT2D eigenvalue weighted by Gasteiger charge is 2.47. The Labute approximate surface area is 133 Å². The van der Waals surface area contributed by atoms with E-state index >= 15 is 0 Å². The minimum absolute atomic E-state index is 0.239. The van der Waals surface area contributed by atoms with Crippen LogP contribution in [0.5, 0.6) is 0 Å². The Hall–Kier alpha value is -1.83. The smallest absolute Gasteiger partial charge is 0.262 e. The molecule has 3 heterocycles. The van der Waals surface area contributed by atoms with E-state index in [4.69, 9.17) is 4.42 Å². The Morgan fingerprint density at radius 3 is 2.78 bits per heavy atom. The molecule has 0 N–H and O–H groups in total. The number of hydrogen-bond donors (Lipinski definition) is 0. The van der Waals surface area contributed by atoms with Crippen LogP contribution in [0.1, 0.15) is 56.6 Å². The van der Waals surface area contributed by atoms with Gasteiger partial charge in [0, 0.05) is 37.2 Å². The average Bonchev–Trinajstić information content (AvgIpc) is 3.17. The quantitative estimate of drug-likeness (QED) is 0.846. The molecule has 2 aromatic rings. The molecule has 3 rings (SSSR count). The molecule has 0 aliphatic carbocycles. The van der Waals surface area contributed by atoms with Crippen LogP contribution in [0.2, 0.25) is 0 Å². The molecule has 0 spiro atoms. The van der Waals surface area contributed by atoms with E-state index in [0.717, 1.165) is 5.56 Å². The van der Waals surface area contributed by atoms with Gasteiger partial charge in [-0.2, -0.15) is 5.10 Å². The van der Waals surface area contributed by atoms with Gasteiger partial charge in [-0.1, -0.05) is 6.92 Å². The third-order valence-electron chi connectivity index (χ3n) is 4.01. The van der Waals surface area contributed by atoms with Crippen molar-refractivity contribution in [2.24, 2.45) is 0 Å². The summed E-state index contributed by atoms with van der Waals surface area (Å²) in [5.41, 5.74) is 0.900. The second-order valence-corrected chi connectivity index (χ2v) is 6.29. The van der Waals surface area contributed by atoms with Gasteiger partial charge in [0.15, 0.2) is 0 Å². The minimum atomic E-state index is -2.75. The topological polar surface area (TPSA) is 60.0 Å². The first-order valence-electron chi connectivity index (χ1n) is 7.85. The van der Waals surface area contributed by atoms with Crippen molar-refractivity contribution < 1.29 is 13.2 Å². The molecular formula is C15H21F2N5O. The number of alkyl halides is 2. The van der Waals surface area contributed by atoms with Gasteiger partial charge in [-0.15, -0.1) is 10.2 Å². The van der Waals surface area contributed by atoms with Crippen LogP contribution < -0.4 is 0 Å². The minimum Gasteiger partial charge on any atom is -0.424 e. The van der Waals surface area contributed by atoms with Crippen molar-refractivity contribution in [2.45, 2.75) is 58.2 Å². The van der Waals surface area contributed by atoms with Gasteiger partial charge in [-0.25, -0.2) is 8.78 Å². The zero-order valence-electron chi connectivity index (χ0n) is 13.5. The lowest BCUT2D eigenvalue weighted by atomic mass is 10.2. The first kappa shape index (κ1) is 16.0. The SMILES string of the molecule is CCc1nnc([C@@H]2CC(F)(F)CN2Cc2cnn(C(C)C)c2)o1. The highest BCUT2D eigenvalue weighted by Crippen LogP contribution is 2.41. The Bertz CT molecular complexity index is 666. The molecule has 126 valence electrons. The molecule has 23 heavy (non-hydrogen) atoms. The zero-order valence-corrected chi connectivity index (χ0v) is 13.5. The van der Waals surface area contributed by atoms with E-state index in [2.05, 4.69) is 15.3 Å². The van der Waals surface area contributed by atoms with Gasteiger partial charge in [0.05, 0.1) is 18.8 Å². The second kappa shape index (κ2) is 5.99. The monoisotopic (exact) mass is 325 g/mol. The number of aromatic nitrogens is 4. The number of halogens is 2. The van der Waals surface area contributed by atoms with Crippen molar-refractivity contribution >= 4 is 0 Å². The molecule has 1 fully saturated rings. The van der Waals surface area contributed by atoms with Gasteiger partial charge >= 0.3 is 0 Å². The molecule has 0 bridgehead atoms. The molecule has 0 unspecified atom stereocenters. The van der Waals surface area contributed by atoms with Crippen LogP contribution >= 0.6 is 0 Å². The van der Waals surface area contributed by atoms with Gasteiger partial charge in [-0.3, -0.25) is 9.58 Å². The highest BCUT2D eigenvalue weighted by atomic mass is 19.3. The standard InChI is InChI=1S/C15H21F2N5O/c1-4-13-19-20-14(23-13)12-5-15(16,17)9-21(12)7-11-6-18-22(8-11)10(2)3/h6,8,10,12H,4-5,7,9H2,1-3H3/t12-/m0/s1. The van der Waals surface area contributed by atoms with Crippen molar-refractivity contribution in [3.05, 3.63) is 29.7 Å². The maximum atomic E-state index is 13.9. The van der Waals surface area contributed by atoms with Gasteiger partial charge in [-0.05, 0) is 13.8 Å². The number of hydrogen-bond acceptors (Lipinski definition) is 5. The molecule has 1 saturated heterocycles. The summed E-state index contributed by atoms with van der Waals surface area (Å²) in [7, 11) is 0. The van der Waals surface area contributed by atoms with E-state index in [1.807, 2.05) is 31.6 Å². The first-order chi connectivity index (χ1) is 10.9. The summed E-state index contributed by atoms with van der Waals surface area (Å²) in [6.45, 7) is 6.01. The van der Waals surface area contributed by atoms with Gasteiger partial charge in [0.2, 0.25) is 11.8 Å². The normalized spacial score (nSPS) is 21.4. The fraction of sp³-hybridized carbons (Fsp3) is 0.667. The van der Waals surface area contributed by atoms with E-state index in [-0.39, 0.29) is 24.9 Å². The molecule has 6 nitrogen and oxygen atoms in total. The van der Waals surface area contributed by atoms with Crippen LogP contribution in [0.4, 0.5) is 8.78 Å². The number of likely N-dealkylation sites (tertiary alicyclic amines) is 1. The predicted molar refractivity (Wildman–Crippen MR) is 79.0 cm³/mol. The van der Waals surface area contributed by atoms with E-state index in [1.165, 1.54) is 0 Å². The van der Waals surface area contributed by atoms with Crippen LogP contribution in [0.15, 0.2) is 16.8 Å². The van der Waals surface area contributed by atoms with Crippen molar-refractivity contribution in [3.8, 4) is 0 Å². The van der Waals surface area contributed by atoms with Crippen molar-refractivity contribution in [1.82, 2.24) is 24.9 Å². The van der Waals surface area contributed by atoms with E-state index in [1.54, 1.807) is 11.1 Å². The average molecular weight is 325 g/mol. The molecule has 0 saturated carbocycles. The fourth-order valence-electron chi connectivity index (χ4n) is 2.81. The summed E-state index contributed by atoms with van der Waals surface area (Å²) in [5, 5.41) is 12.1. The lowest BCUT2D eigenvalue weighted by Gasteiger charge is -2.19. The largest absolute Gasteiger partial charge is 0.424 e. The van der Waals surface area contributed by atoms with Crippen molar-refractivity contribution in [2.75, 3.05) is 6.54 Å². The van der Waals surface area contributed by atoms with Gasteiger partial charge in [0.25, 0.3) is 5.92 Å². The number of aryl methyl sites for hydroxylation is 1. The molecule has 8 heteroatoms. The molecule has 1 atom stereocenters. The Morgan fingerprint density at radius 1 is 1.39 bits per heavy atom. The number of rotatable bonds is 5. The lowest BCUT2D eigenvalue weighted by Crippen LogP contribution is -2.26. The third kappa shape index (κ3) is 3.41. The van der Waals surface area contributed by atoms with Crippen LogP contribution in [-0.2, 0) is 13.0 Å². The summed E-state index contributed by atoms with van der Waals surface area (Å²) in [6, 6.07) is -0.317. The molecule has 0 radical (unpaired) electrons. The second-order valence-electron chi connectivity index (χ2n) is 6.29. The van der Waals surface area contributed by atoms with Crippen LogP contribution in [-0.4, -0.2) is 37.3 Å². The third-order valence-corrected chi connectivity index (χ3v) is 4.01. The maximum absolute atomic E-state index is 13.9. The summed E-state index contributed by atoms with van der Waals surface area (Å²) in [4.78, 5) is 1.69. The molecule has 0 aromatic carbocycles. The summed E-state index contributed by atoms with van der Waals surface area (Å²) < 4.78 is 35.1. The molecule has 2 aromatic heterocycles. The zero-order chi connectivity index (χ0) is 16.6. The van der Waals surface area contributed by atoms with Crippen LogP contribution in [0.3, 0.4) is 0 Å². The first-order valence-corrected chi connectivity index (χ1v) is 7.85. The highest BCUT2D eigenvalue weighted by molar-refractivity contribution is 5.08. The van der Waals surface area contributed by atoms with E-state index in [0.29, 0.717) is 18.9 Å². The van der Waals surface area contributed by atoms with Gasteiger partial charge < -0.3 is 4.42 Å². The van der Waals surface area contributed by atoms with Crippen molar-refractivity contribution in [1.29, 1.82) is 0 Å². The summed E-state index contributed by atoms with van der Waals surface area (Å²) in [6.07, 6.45) is 3.91. The van der Waals surface area contributed by atoms with E-state index in [9.17, 15) is 8.78 Å². The van der Waals surface area contributed by atoms with Crippen LogP contribution in [0.25, 0.3) is 0 Å². The van der Waals surface area contributed by atoms with Crippen LogP contribution in [0, 0.1) is 0 Å². The molecule has 1 aliphatic rings. The Balaban J connectivity index is 1.79. The summed E-state index contributed by atoms with van der Waals surface area (Å²) in [5.74, 6) is -2.00. The predicted octanol–water partition coefficient (Wildman–Crippen LogP) is 2.99. The summed E-state index contributed by atoms with van der Waals surface area (Å²) >= 11 is 0. The lowest BCUT2D eigenvalue weighted by molar-refractivity contribution is 0.0112. The number of nitrogens with zero attached hydrogens (tertiary/aromatic N) is 5. The molecular weight excluding hydrogens is 304 g/mol. The van der Waals surface area contributed by atoms with Crippen molar-refractivity contribution in [3.63, 3.8) is 0 Å². The molecule has 1 aliphatic heterocycles.